The van der Waals surface area contributed by atoms with Gasteiger partial charge >= 0.3 is 12.1 Å². The van der Waals surface area contributed by atoms with Crippen molar-refractivity contribution < 1.29 is 19.1 Å². The zero-order valence-electron chi connectivity index (χ0n) is 13.8. The fourth-order valence-corrected chi connectivity index (χ4v) is 3.21. The summed E-state index contributed by atoms with van der Waals surface area (Å²) in [5.74, 6) is -0.321. The lowest BCUT2D eigenvalue weighted by Crippen LogP contribution is -2.42. The first-order chi connectivity index (χ1) is 11.7. The Hall–Kier alpha value is -2.08. The molecule has 0 bridgehead atoms. The Kier molecular flexibility index (Phi) is 5.69. The lowest BCUT2D eigenvalue weighted by Gasteiger charge is -2.23. The molecule has 2 heterocycles. The Balaban J connectivity index is 1.48. The number of nitrogens with one attached hydrogen (secondary N) is 1. The standard InChI is InChI=1S/C18H24N2O4/c21-17(23-13-15-8-4-10-19-15)16-9-5-11-20(16)18(22)24-12-14-6-2-1-3-7-14/h1-3,6-7,15-16,19H,4-5,8-13H2/t15-,16-/m0/s1. The number of amides is 1. The molecule has 2 atom stereocenters. The van der Waals surface area contributed by atoms with Crippen LogP contribution in [0.5, 0.6) is 0 Å². The summed E-state index contributed by atoms with van der Waals surface area (Å²) >= 11 is 0. The molecule has 0 radical (unpaired) electrons. The first-order valence-electron chi connectivity index (χ1n) is 8.61. The van der Waals surface area contributed by atoms with Crippen LogP contribution in [0, 0.1) is 0 Å². The Bertz CT molecular complexity index is 557. The van der Waals surface area contributed by atoms with Gasteiger partial charge in [-0.3, -0.25) is 4.90 Å². The lowest BCUT2D eigenvalue weighted by atomic mass is 10.2. The van der Waals surface area contributed by atoms with Gasteiger partial charge in [0.25, 0.3) is 0 Å². The summed E-state index contributed by atoms with van der Waals surface area (Å²) in [4.78, 5) is 26.1. The number of hydrogen-bond acceptors (Lipinski definition) is 5. The second kappa shape index (κ2) is 8.15. The smallest absolute Gasteiger partial charge is 0.410 e. The van der Waals surface area contributed by atoms with Crippen LogP contribution in [-0.4, -0.2) is 48.7 Å². The van der Waals surface area contributed by atoms with Crippen LogP contribution < -0.4 is 5.32 Å². The highest BCUT2D eigenvalue weighted by Gasteiger charge is 2.36. The summed E-state index contributed by atoms with van der Waals surface area (Å²) in [6.45, 7) is 2.10. The van der Waals surface area contributed by atoms with E-state index in [2.05, 4.69) is 5.32 Å². The lowest BCUT2D eigenvalue weighted by molar-refractivity contribution is -0.149. The molecule has 0 aromatic heterocycles. The molecule has 0 aliphatic carbocycles. The molecule has 3 rings (SSSR count). The number of ether oxygens (including phenoxy) is 2. The highest BCUT2D eigenvalue weighted by molar-refractivity contribution is 5.82. The molecule has 0 unspecified atom stereocenters. The number of carbonyl (C=O) groups excluding carboxylic acids is 2. The Morgan fingerprint density at radius 3 is 2.71 bits per heavy atom. The molecule has 1 amide bonds. The Labute approximate surface area is 142 Å². The minimum atomic E-state index is -0.519. The van der Waals surface area contributed by atoms with Crippen LogP contribution >= 0.6 is 0 Å². The molecule has 0 spiro atoms. The predicted octanol–water partition coefficient (Wildman–Crippen LogP) is 2.08. The minimum absolute atomic E-state index is 0.212. The molecule has 2 saturated heterocycles. The van der Waals surface area contributed by atoms with Gasteiger partial charge in [0, 0.05) is 12.6 Å². The maximum atomic E-state index is 12.3. The average molecular weight is 332 g/mol. The van der Waals surface area contributed by atoms with Crippen molar-refractivity contribution in [3.63, 3.8) is 0 Å². The molecule has 1 aromatic carbocycles. The first-order valence-corrected chi connectivity index (χ1v) is 8.61. The van der Waals surface area contributed by atoms with Crippen LogP contribution in [-0.2, 0) is 20.9 Å². The third-order valence-corrected chi connectivity index (χ3v) is 4.55. The number of carbonyl (C=O) groups is 2. The SMILES string of the molecule is O=C(OC[C@@H]1CCCN1)[C@@H]1CCCN1C(=O)OCc1ccccc1. The molecule has 2 fully saturated rings. The van der Waals surface area contributed by atoms with Crippen LogP contribution in [0.25, 0.3) is 0 Å². The van der Waals surface area contributed by atoms with Crippen molar-refractivity contribution in [3.05, 3.63) is 35.9 Å². The van der Waals surface area contributed by atoms with Gasteiger partial charge in [0.1, 0.15) is 19.3 Å². The molecular weight excluding hydrogens is 308 g/mol. The van der Waals surface area contributed by atoms with Crippen molar-refractivity contribution in [1.29, 1.82) is 0 Å². The highest BCUT2D eigenvalue weighted by Crippen LogP contribution is 2.20. The maximum Gasteiger partial charge on any atom is 0.410 e. The largest absolute Gasteiger partial charge is 0.462 e. The van der Waals surface area contributed by atoms with E-state index in [0.29, 0.717) is 19.6 Å². The number of likely N-dealkylation sites (tertiary alicyclic amines) is 1. The van der Waals surface area contributed by atoms with Gasteiger partial charge in [-0.1, -0.05) is 30.3 Å². The fourth-order valence-electron chi connectivity index (χ4n) is 3.21. The van der Waals surface area contributed by atoms with Crippen LogP contribution in [0.1, 0.15) is 31.2 Å². The quantitative estimate of drug-likeness (QED) is 0.836. The second-order valence-electron chi connectivity index (χ2n) is 6.31. The van der Waals surface area contributed by atoms with Crippen molar-refractivity contribution in [1.82, 2.24) is 10.2 Å². The summed E-state index contributed by atoms with van der Waals surface area (Å²) in [6, 6.07) is 9.24. The van der Waals surface area contributed by atoms with E-state index in [0.717, 1.165) is 31.4 Å². The van der Waals surface area contributed by atoms with Crippen molar-refractivity contribution in [2.75, 3.05) is 19.7 Å². The van der Waals surface area contributed by atoms with E-state index in [4.69, 9.17) is 9.47 Å². The van der Waals surface area contributed by atoms with Crippen molar-refractivity contribution >= 4 is 12.1 Å². The number of rotatable bonds is 5. The van der Waals surface area contributed by atoms with E-state index >= 15 is 0 Å². The molecule has 2 aliphatic rings. The van der Waals surface area contributed by atoms with E-state index < -0.39 is 12.1 Å². The molecule has 6 nitrogen and oxygen atoms in total. The summed E-state index contributed by atoms with van der Waals surface area (Å²) in [7, 11) is 0. The zero-order valence-corrected chi connectivity index (χ0v) is 13.8. The van der Waals surface area contributed by atoms with Crippen LogP contribution in [0.4, 0.5) is 4.79 Å². The summed E-state index contributed by atoms with van der Waals surface area (Å²) in [6.07, 6.45) is 3.13. The van der Waals surface area contributed by atoms with Gasteiger partial charge in [0.15, 0.2) is 0 Å². The average Bonchev–Trinajstić information content (AvgIpc) is 3.30. The normalized spacial score (nSPS) is 23.2. The maximum absolute atomic E-state index is 12.3. The summed E-state index contributed by atoms with van der Waals surface area (Å²) in [5, 5.41) is 3.29. The Morgan fingerprint density at radius 1 is 1.12 bits per heavy atom. The van der Waals surface area contributed by atoms with Gasteiger partial charge in [-0.05, 0) is 37.8 Å². The van der Waals surface area contributed by atoms with E-state index in [1.807, 2.05) is 30.3 Å². The monoisotopic (exact) mass is 332 g/mol. The topological polar surface area (TPSA) is 67.9 Å². The van der Waals surface area contributed by atoms with Crippen molar-refractivity contribution in [2.45, 2.75) is 44.4 Å². The molecule has 1 aromatic rings. The van der Waals surface area contributed by atoms with E-state index in [9.17, 15) is 9.59 Å². The number of nitrogens with zero attached hydrogens (tertiary/aromatic N) is 1. The molecule has 24 heavy (non-hydrogen) atoms. The Morgan fingerprint density at radius 2 is 1.96 bits per heavy atom. The van der Waals surface area contributed by atoms with Crippen molar-refractivity contribution in [3.8, 4) is 0 Å². The van der Waals surface area contributed by atoms with Crippen LogP contribution in [0.15, 0.2) is 30.3 Å². The molecule has 0 saturated carbocycles. The number of benzene rings is 1. The molecule has 130 valence electrons. The van der Waals surface area contributed by atoms with Gasteiger partial charge in [-0.2, -0.15) is 0 Å². The fraction of sp³-hybridized carbons (Fsp3) is 0.556. The molecule has 6 heteroatoms. The van der Waals surface area contributed by atoms with Crippen LogP contribution in [0.3, 0.4) is 0 Å². The summed E-state index contributed by atoms with van der Waals surface area (Å²) < 4.78 is 10.7. The van der Waals surface area contributed by atoms with Gasteiger partial charge < -0.3 is 14.8 Å². The number of hydrogen-bond donors (Lipinski definition) is 1. The van der Waals surface area contributed by atoms with Crippen LogP contribution in [0.2, 0.25) is 0 Å². The second-order valence-corrected chi connectivity index (χ2v) is 6.31. The first kappa shape index (κ1) is 16.8. The van der Waals surface area contributed by atoms with Crippen molar-refractivity contribution in [2.24, 2.45) is 0 Å². The third kappa shape index (κ3) is 4.26. The van der Waals surface area contributed by atoms with Gasteiger partial charge in [-0.25, -0.2) is 9.59 Å². The van der Waals surface area contributed by atoms with Gasteiger partial charge in [-0.15, -0.1) is 0 Å². The number of esters is 1. The summed E-state index contributed by atoms with van der Waals surface area (Å²) in [5.41, 5.74) is 0.927. The van der Waals surface area contributed by atoms with E-state index in [1.165, 1.54) is 4.90 Å². The zero-order chi connectivity index (χ0) is 16.8. The third-order valence-electron chi connectivity index (χ3n) is 4.55. The minimum Gasteiger partial charge on any atom is -0.462 e. The van der Waals surface area contributed by atoms with E-state index in [-0.39, 0.29) is 18.6 Å². The predicted molar refractivity (Wildman–Crippen MR) is 88.3 cm³/mol. The van der Waals surface area contributed by atoms with E-state index in [1.54, 1.807) is 0 Å². The highest BCUT2D eigenvalue weighted by atomic mass is 16.6. The van der Waals surface area contributed by atoms with Gasteiger partial charge in [0.2, 0.25) is 0 Å². The molecule has 2 aliphatic heterocycles. The molecule has 1 N–H and O–H groups in total. The molecular formula is C18H24N2O4. The van der Waals surface area contributed by atoms with Gasteiger partial charge in [0.05, 0.1) is 0 Å².